The van der Waals surface area contributed by atoms with Crippen molar-refractivity contribution in [2.24, 2.45) is 5.41 Å². The molecule has 1 aliphatic rings. The van der Waals surface area contributed by atoms with Crippen molar-refractivity contribution in [3.05, 3.63) is 48.0 Å². The third-order valence-electron chi connectivity index (χ3n) is 3.66. The van der Waals surface area contributed by atoms with Crippen LogP contribution in [0.4, 0.5) is 0 Å². The second kappa shape index (κ2) is 4.25. The summed E-state index contributed by atoms with van der Waals surface area (Å²) in [5, 5.41) is 0. The fraction of sp³-hybridized carbons (Fsp3) is 0.400. The molecule has 84 valence electrons. The van der Waals surface area contributed by atoms with Crippen LogP contribution in [-0.4, -0.2) is 5.78 Å². The summed E-state index contributed by atoms with van der Waals surface area (Å²) in [6.07, 6.45) is 5.74. The van der Waals surface area contributed by atoms with Crippen LogP contribution in [0.5, 0.6) is 0 Å². The largest absolute Gasteiger partial charge is 0.294 e. The summed E-state index contributed by atoms with van der Waals surface area (Å²) in [6, 6.07) is 8.00. The van der Waals surface area contributed by atoms with Crippen molar-refractivity contribution in [2.45, 2.75) is 32.6 Å². The van der Waals surface area contributed by atoms with Crippen molar-refractivity contribution < 1.29 is 4.79 Å². The zero-order valence-corrected chi connectivity index (χ0v) is 9.83. The number of Topliss-reactive ketones (excluding diaryl/α,β-unsaturated/α-hetero) is 1. The first kappa shape index (κ1) is 11.1. The summed E-state index contributed by atoms with van der Waals surface area (Å²) in [4.78, 5) is 12.4. The Morgan fingerprint density at radius 2 is 2.19 bits per heavy atom. The number of hydrogen-bond acceptors (Lipinski definition) is 1. The van der Waals surface area contributed by atoms with E-state index in [1.54, 1.807) is 0 Å². The van der Waals surface area contributed by atoms with E-state index in [0.29, 0.717) is 5.78 Å². The average Bonchev–Trinajstić information content (AvgIpc) is 2.32. The molecule has 1 aromatic carbocycles. The van der Waals surface area contributed by atoms with Gasteiger partial charge in [0.25, 0.3) is 0 Å². The summed E-state index contributed by atoms with van der Waals surface area (Å²) in [5.74, 6) is 0.316. The summed E-state index contributed by atoms with van der Waals surface area (Å²) < 4.78 is 0. The topological polar surface area (TPSA) is 17.1 Å². The first-order chi connectivity index (χ1) is 7.67. The van der Waals surface area contributed by atoms with Crippen molar-refractivity contribution in [3.63, 3.8) is 0 Å². The quantitative estimate of drug-likeness (QED) is 0.700. The highest BCUT2D eigenvalue weighted by molar-refractivity contribution is 6.02. The van der Waals surface area contributed by atoms with E-state index >= 15 is 0 Å². The fourth-order valence-electron chi connectivity index (χ4n) is 2.47. The summed E-state index contributed by atoms with van der Waals surface area (Å²) in [7, 11) is 0. The van der Waals surface area contributed by atoms with Gasteiger partial charge in [-0.25, -0.2) is 0 Å². The molecule has 1 aromatic rings. The molecule has 1 atom stereocenters. The number of rotatable bonds is 3. The van der Waals surface area contributed by atoms with Crippen molar-refractivity contribution in [1.29, 1.82) is 0 Å². The molecule has 0 radical (unpaired) electrons. The van der Waals surface area contributed by atoms with Crippen molar-refractivity contribution in [2.75, 3.05) is 0 Å². The molecule has 1 heteroatoms. The number of ketones is 1. The predicted octanol–water partition coefficient (Wildman–Crippen LogP) is 3.79. The lowest BCUT2D eigenvalue weighted by molar-refractivity contribution is 0.0771. The minimum Gasteiger partial charge on any atom is -0.294 e. The molecule has 0 saturated heterocycles. The molecule has 0 spiro atoms. The fourth-order valence-corrected chi connectivity index (χ4v) is 2.47. The van der Waals surface area contributed by atoms with Gasteiger partial charge in [-0.2, -0.15) is 0 Å². The predicted molar refractivity (Wildman–Crippen MR) is 66.6 cm³/mol. The van der Waals surface area contributed by atoms with Gasteiger partial charge in [0.1, 0.15) is 0 Å². The minimum atomic E-state index is -0.178. The van der Waals surface area contributed by atoms with Gasteiger partial charge >= 0.3 is 0 Å². The van der Waals surface area contributed by atoms with E-state index in [1.165, 1.54) is 5.56 Å². The van der Waals surface area contributed by atoms with Gasteiger partial charge in [-0.15, -0.1) is 6.58 Å². The van der Waals surface area contributed by atoms with Crippen molar-refractivity contribution >= 4 is 5.78 Å². The van der Waals surface area contributed by atoms with E-state index in [9.17, 15) is 4.79 Å². The average molecular weight is 214 g/mol. The van der Waals surface area contributed by atoms with E-state index in [-0.39, 0.29) is 5.41 Å². The molecule has 0 amide bonds. The Labute approximate surface area is 97.2 Å². The highest BCUT2D eigenvalue weighted by Gasteiger charge is 2.37. The van der Waals surface area contributed by atoms with E-state index in [1.807, 2.05) is 24.3 Å². The van der Waals surface area contributed by atoms with Crippen LogP contribution in [0.2, 0.25) is 0 Å². The van der Waals surface area contributed by atoms with Crippen molar-refractivity contribution in [3.8, 4) is 0 Å². The number of carbonyl (C=O) groups is 1. The molecular formula is C15H18O. The number of benzene rings is 1. The Balaban J connectivity index is 2.30. The number of fused-ring (bicyclic) bond motifs is 1. The number of allylic oxidation sites excluding steroid dienone is 1. The number of hydrogen-bond donors (Lipinski definition) is 0. The lowest BCUT2D eigenvalue weighted by atomic mass is 9.69. The third kappa shape index (κ3) is 1.82. The second-order valence-corrected chi connectivity index (χ2v) is 4.87. The Bertz CT molecular complexity index is 419. The molecule has 0 fully saturated rings. The highest BCUT2D eigenvalue weighted by atomic mass is 16.1. The van der Waals surface area contributed by atoms with E-state index in [0.717, 1.165) is 31.2 Å². The van der Waals surface area contributed by atoms with Gasteiger partial charge in [0.2, 0.25) is 0 Å². The lowest BCUT2D eigenvalue weighted by Gasteiger charge is -2.33. The van der Waals surface area contributed by atoms with E-state index in [4.69, 9.17) is 0 Å². The maximum Gasteiger partial charge on any atom is 0.169 e. The molecule has 1 nitrogen and oxygen atoms in total. The van der Waals surface area contributed by atoms with Gasteiger partial charge in [-0.3, -0.25) is 4.79 Å². The molecule has 0 N–H and O–H groups in total. The molecule has 0 heterocycles. The number of carbonyl (C=O) groups excluding carboxylic acids is 1. The maximum atomic E-state index is 12.4. The van der Waals surface area contributed by atoms with Gasteiger partial charge in [-0.1, -0.05) is 37.3 Å². The Kier molecular flexibility index (Phi) is 2.95. The normalized spacial score (nSPS) is 23.9. The van der Waals surface area contributed by atoms with Crippen LogP contribution < -0.4 is 0 Å². The monoisotopic (exact) mass is 214 g/mol. The molecule has 0 bridgehead atoms. The lowest BCUT2D eigenvalue weighted by Crippen LogP contribution is -2.33. The standard InChI is InChI=1S/C15H18O/c1-3-4-10-15(2)11-9-12-7-5-6-8-13(12)14(15)16/h3,5-8H,1,4,9-11H2,2H3. The molecule has 2 rings (SSSR count). The van der Waals surface area contributed by atoms with Crippen LogP contribution in [0, 0.1) is 5.41 Å². The van der Waals surface area contributed by atoms with Crippen LogP contribution in [0.3, 0.4) is 0 Å². The van der Waals surface area contributed by atoms with E-state index < -0.39 is 0 Å². The summed E-state index contributed by atoms with van der Waals surface area (Å²) >= 11 is 0. The van der Waals surface area contributed by atoms with Gasteiger partial charge in [-0.05, 0) is 31.2 Å². The van der Waals surface area contributed by atoms with Gasteiger partial charge in [0.05, 0.1) is 0 Å². The van der Waals surface area contributed by atoms with Crippen LogP contribution in [0.25, 0.3) is 0 Å². The zero-order chi connectivity index (χ0) is 11.6. The molecular weight excluding hydrogens is 196 g/mol. The Morgan fingerprint density at radius 3 is 2.94 bits per heavy atom. The van der Waals surface area contributed by atoms with Gasteiger partial charge in [0.15, 0.2) is 5.78 Å². The van der Waals surface area contributed by atoms with Crippen LogP contribution >= 0.6 is 0 Å². The van der Waals surface area contributed by atoms with Gasteiger partial charge in [0, 0.05) is 11.0 Å². The third-order valence-corrected chi connectivity index (χ3v) is 3.66. The Morgan fingerprint density at radius 1 is 1.44 bits per heavy atom. The smallest absolute Gasteiger partial charge is 0.169 e. The van der Waals surface area contributed by atoms with E-state index in [2.05, 4.69) is 19.6 Å². The first-order valence-corrected chi connectivity index (χ1v) is 5.91. The highest BCUT2D eigenvalue weighted by Crippen LogP contribution is 2.38. The molecule has 16 heavy (non-hydrogen) atoms. The summed E-state index contributed by atoms with van der Waals surface area (Å²) in [6.45, 7) is 5.83. The first-order valence-electron chi connectivity index (χ1n) is 5.91. The maximum absolute atomic E-state index is 12.4. The minimum absolute atomic E-state index is 0.178. The van der Waals surface area contributed by atoms with Gasteiger partial charge < -0.3 is 0 Å². The molecule has 0 aliphatic heterocycles. The van der Waals surface area contributed by atoms with Crippen molar-refractivity contribution in [1.82, 2.24) is 0 Å². The molecule has 1 aliphatic carbocycles. The SMILES string of the molecule is C=CCCC1(C)CCc2ccccc2C1=O. The molecule has 0 saturated carbocycles. The Hall–Kier alpha value is -1.37. The molecule has 0 aromatic heterocycles. The number of aryl methyl sites for hydroxylation is 1. The van der Waals surface area contributed by atoms with Crippen LogP contribution in [0.1, 0.15) is 42.1 Å². The molecule has 1 unspecified atom stereocenters. The summed E-state index contributed by atoms with van der Waals surface area (Å²) in [5.41, 5.74) is 1.96. The second-order valence-electron chi connectivity index (χ2n) is 4.87. The zero-order valence-electron chi connectivity index (χ0n) is 9.83. The van der Waals surface area contributed by atoms with Crippen LogP contribution in [0.15, 0.2) is 36.9 Å². The van der Waals surface area contributed by atoms with Crippen LogP contribution in [-0.2, 0) is 6.42 Å².